The highest BCUT2D eigenvalue weighted by Gasteiger charge is 2.37. The fraction of sp³-hybridized carbons (Fsp3) is 0.200. The predicted octanol–water partition coefficient (Wildman–Crippen LogP) is 4.34. The quantitative estimate of drug-likeness (QED) is 0.805. The average Bonchev–Trinajstić information content (AvgIpc) is 2.99. The Morgan fingerprint density at radius 3 is 2.35 bits per heavy atom. The number of carbonyl (C=O) groups excluding carboxylic acids is 2. The van der Waals surface area contributed by atoms with Crippen LogP contribution in [0.3, 0.4) is 0 Å². The molecule has 2 aromatic rings. The minimum absolute atomic E-state index is 0.126. The van der Waals surface area contributed by atoms with Crippen LogP contribution in [0.1, 0.15) is 26.5 Å². The van der Waals surface area contributed by atoms with E-state index < -0.39 is 30.3 Å². The van der Waals surface area contributed by atoms with Gasteiger partial charge in [-0.1, -0.05) is 17.7 Å². The highest BCUT2D eigenvalue weighted by atomic mass is 35.5. The van der Waals surface area contributed by atoms with Crippen LogP contribution in [0.15, 0.2) is 41.8 Å². The van der Waals surface area contributed by atoms with E-state index in [0.717, 1.165) is 11.3 Å². The summed E-state index contributed by atoms with van der Waals surface area (Å²) in [7, 11) is 0. The zero-order valence-corrected chi connectivity index (χ0v) is 13.1. The van der Waals surface area contributed by atoms with Crippen molar-refractivity contribution in [2.75, 3.05) is 0 Å². The molecule has 1 atom stereocenters. The van der Waals surface area contributed by atoms with Crippen molar-refractivity contribution in [2.45, 2.75) is 18.6 Å². The lowest BCUT2D eigenvalue weighted by atomic mass is 10.1. The van der Waals surface area contributed by atoms with Gasteiger partial charge in [0.05, 0.1) is 11.3 Å². The molecule has 2 rings (SSSR count). The minimum atomic E-state index is -4.58. The van der Waals surface area contributed by atoms with Gasteiger partial charge in [0.2, 0.25) is 0 Å². The lowest BCUT2D eigenvalue weighted by Crippen LogP contribution is -2.43. The summed E-state index contributed by atoms with van der Waals surface area (Å²) < 4.78 is 38.1. The van der Waals surface area contributed by atoms with Crippen LogP contribution in [0.4, 0.5) is 13.2 Å². The van der Waals surface area contributed by atoms with Crippen LogP contribution in [0.25, 0.3) is 0 Å². The van der Waals surface area contributed by atoms with Crippen molar-refractivity contribution in [3.8, 4) is 0 Å². The first-order valence-corrected chi connectivity index (χ1v) is 7.73. The molecule has 1 aromatic heterocycles. The number of ketones is 1. The molecule has 3 nitrogen and oxygen atoms in total. The van der Waals surface area contributed by atoms with Gasteiger partial charge >= 0.3 is 6.18 Å². The number of Topliss-reactive ketones (excluding diaryl/α,β-unsaturated/α-hetero) is 1. The van der Waals surface area contributed by atoms with E-state index in [1.165, 1.54) is 30.3 Å². The van der Waals surface area contributed by atoms with Crippen LogP contribution in [-0.2, 0) is 0 Å². The minimum Gasteiger partial charge on any atom is -0.341 e. The number of alkyl halides is 3. The van der Waals surface area contributed by atoms with E-state index in [0.29, 0.717) is 5.02 Å². The molecule has 0 aliphatic carbocycles. The number of rotatable bonds is 5. The SMILES string of the molecule is O=C(NC(CC(F)(F)F)C(=O)c1cccs1)c1ccc(Cl)cc1. The van der Waals surface area contributed by atoms with Gasteiger partial charge in [0.1, 0.15) is 6.04 Å². The molecule has 23 heavy (non-hydrogen) atoms. The van der Waals surface area contributed by atoms with Crippen molar-refractivity contribution in [3.05, 3.63) is 57.2 Å². The second kappa shape index (κ2) is 7.14. The Kier molecular flexibility index (Phi) is 5.43. The lowest BCUT2D eigenvalue weighted by Gasteiger charge is -2.18. The van der Waals surface area contributed by atoms with Gasteiger partial charge in [0, 0.05) is 10.6 Å². The maximum atomic E-state index is 12.7. The van der Waals surface area contributed by atoms with Gasteiger partial charge in [0.15, 0.2) is 5.78 Å². The maximum absolute atomic E-state index is 12.7. The first-order chi connectivity index (χ1) is 10.8. The summed E-state index contributed by atoms with van der Waals surface area (Å²) >= 11 is 6.72. The number of hydrogen-bond acceptors (Lipinski definition) is 3. The molecule has 0 saturated heterocycles. The molecular formula is C15H11ClF3NO2S. The molecule has 1 unspecified atom stereocenters. The zero-order chi connectivity index (χ0) is 17.0. The molecule has 0 radical (unpaired) electrons. The van der Waals surface area contributed by atoms with Crippen molar-refractivity contribution in [3.63, 3.8) is 0 Å². The third-order valence-electron chi connectivity index (χ3n) is 2.93. The number of hydrogen-bond donors (Lipinski definition) is 1. The third kappa shape index (κ3) is 5.07. The molecule has 1 aromatic carbocycles. The Labute approximate surface area is 139 Å². The van der Waals surface area contributed by atoms with Crippen molar-refractivity contribution in [2.24, 2.45) is 0 Å². The maximum Gasteiger partial charge on any atom is 0.391 e. The van der Waals surface area contributed by atoms with Gasteiger partial charge < -0.3 is 5.32 Å². The number of halogens is 4. The second-order valence-corrected chi connectivity index (χ2v) is 6.08. The first kappa shape index (κ1) is 17.5. The first-order valence-electron chi connectivity index (χ1n) is 6.47. The standard InChI is InChI=1S/C15H11ClF3NO2S/c16-10-5-3-9(4-6-10)14(22)20-11(8-15(17,18)19)13(21)12-2-1-7-23-12/h1-7,11H,8H2,(H,20,22). The summed E-state index contributed by atoms with van der Waals surface area (Å²) in [5.41, 5.74) is 0.126. The summed E-state index contributed by atoms with van der Waals surface area (Å²) in [6.45, 7) is 0. The zero-order valence-electron chi connectivity index (χ0n) is 11.6. The predicted molar refractivity (Wildman–Crippen MR) is 82.0 cm³/mol. The second-order valence-electron chi connectivity index (χ2n) is 4.69. The molecule has 1 heterocycles. The summed E-state index contributed by atoms with van der Waals surface area (Å²) in [4.78, 5) is 24.4. The van der Waals surface area contributed by atoms with E-state index in [2.05, 4.69) is 5.32 Å². The fourth-order valence-electron chi connectivity index (χ4n) is 1.87. The molecule has 0 saturated carbocycles. The number of benzene rings is 1. The normalized spacial score (nSPS) is 12.7. The lowest BCUT2D eigenvalue weighted by molar-refractivity contribution is -0.137. The van der Waals surface area contributed by atoms with Crippen molar-refractivity contribution >= 4 is 34.6 Å². The summed E-state index contributed by atoms with van der Waals surface area (Å²) in [5, 5.41) is 4.13. The molecular weight excluding hydrogens is 351 g/mol. The highest BCUT2D eigenvalue weighted by molar-refractivity contribution is 7.12. The Balaban J connectivity index is 2.18. The molecule has 1 amide bonds. The Morgan fingerprint density at radius 1 is 1.17 bits per heavy atom. The Bertz CT molecular complexity index is 684. The molecule has 0 aliphatic heterocycles. The topological polar surface area (TPSA) is 46.2 Å². The molecule has 0 aliphatic rings. The van der Waals surface area contributed by atoms with Gasteiger partial charge in [-0.2, -0.15) is 13.2 Å². The fourth-order valence-corrected chi connectivity index (χ4v) is 2.72. The largest absolute Gasteiger partial charge is 0.391 e. The van der Waals surface area contributed by atoms with Gasteiger partial charge in [-0.15, -0.1) is 11.3 Å². The van der Waals surface area contributed by atoms with E-state index in [4.69, 9.17) is 11.6 Å². The van der Waals surface area contributed by atoms with Crippen molar-refractivity contribution in [1.29, 1.82) is 0 Å². The van der Waals surface area contributed by atoms with Crippen LogP contribution < -0.4 is 5.32 Å². The van der Waals surface area contributed by atoms with E-state index in [9.17, 15) is 22.8 Å². The summed E-state index contributed by atoms with van der Waals surface area (Å²) in [5.74, 6) is -1.53. The van der Waals surface area contributed by atoms with Gasteiger partial charge in [-0.05, 0) is 35.7 Å². The monoisotopic (exact) mass is 361 g/mol. The van der Waals surface area contributed by atoms with Crippen LogP contribution in [0.5, 0.6) is 0 Å². The summed E-state index contributed by atoms with van der Waals surface area (Å²) in [6.07, 6.45) is -6.01. The van der Waals surface area contributed by atoms with Gasteiger partial charge in [0.25, 0.3) is 5.91 Å². The van der Waals surface area contributed by atoms with Crippen LogP contribution in [0.2, 0.25) is 5.02 Å². The number of carbonyl (C=O) groups is 2. The van der Waals surface area contributed by atoms with Gasteiger partial charge in [-0.3, -0.25) is 9.59 Å². The average molecular weight is 362 g/mol. The van der Waals surface area contributed by atoms with Crippen LogP contribution in [0, 0.1) is 0 Å². The summed E-state index contributed by atoms with van der Waals surface area (Å²) in [6, 6.07) is 6.94. The van der Waals surface area contributed by atoms with E-state index in [1.807, 2.05) is 0 Å². The molecule has 0 fully saturated rings. The third-order valence-corrected chi connectivity index (χ3v) is 4.06. The smallest absolute Gasteiger partial charge is 0.341 e. The van der Waals surface area contributed by atoms with E-state index in [-0.39, 0.29) is 10.4 Å². The van der Waals surface area contributed by atoms with Crippen molar-refractivity contribution < 1.29 is 22.8 Å². The van der Waals surface area contributed by atoms with Crippen molar-refractivity contribution in [1.82, 2.24) is 5.32 Å². The molecule has 0 bridgehead atoms. The Morgan fingerprint density at radius 2 is 1.83 bits per heavy atom. The highest BCUT2D eigenvalue weighted by Crippen LogP contribution is 2.24. The van der Waals surface area contributed by atoms with Gasteiger partial charge in [-0.25, -0.2) is 0 Å². The van der Waals surface area contributed by atoms with E-state index >= 15 is 0 Å². The molecule has 1 N–H and O–H groups in total. The van der Waals surface area contributed by atoms with Crippen LogP contribution in [-0.4, -0.2) is 23.9 Å². The van der Waals surface area contributed by atoms with E-state index in [1.54, 1.807) is 11.4 Å². The number of thiophene rings is 1. The Hall–Kier alpha value is -1.86. The number of nitrogens with one attached hydrogen (secondary N) is 1. The molecule has 0 spiro atoms. The molecule has 8 heteroatoms. The molecule has 122 valence electrons. The number of amides is 1. The van der Waals surface area contributed by atoms with Crippen LogP contribution >= 0.6 is 22.9 Å².